The van der Waals surface area contributed by atoms with Gasteiger partial charge >= 0.3 is 0 Å². The fourth-order valence-corrected chi connectivity index (χ4v) is 3.01. The van der Waals surface area contributed by atoms with Gasteiger partial charge in [0.05, 0.1) is 12.4 Å². The first-order valence-electron chi connectivity index (χ1n) is 11.1. The van der Waals surface area contributed by atoms with Crippen LogP contribution in [0.1, 0.15) is 65.2 Å². The topological polar surface area (TPSA) is 44.2 Å². The van der Waals surface area contributed by atoms with Crippen LogP contribution in [0.2, 0.25) is 0 Å². The Balaban J connectivity index is 1.78. The number of nitrogens with zero attached hydrogens (tertiary/aromatic N) is 2. The highest BCUT2D eigenvalue weighted by Crippen LogP contribution is 2.21. The van der Waals surface area contributed by atoms with Crippen LogP contribution in [-0.2, 0) is 0 Å². The van der Waals surface area contributed by atoms with Crippen molar-refractivity contribution in [2.45, 2.75) is 77.6 Å². The zero-order chi connectivity index (χ0) is 21.6. The summed E-state index contributed by atoms with van der Waals surface area (Å²) in [7, 11) is 0. The Morgan fingerprint density at radius 1 is 0.733 bits per heavy atom. The van der Waals surface area contributed by atoms with Crippen molar-refractivity contribution in [3.05, 3.63) is 36.7 Å². The summed E-state index contributed by atoms with van der Waals surface area (Å²) >= 11 is 0. The minimum atomic E-state index is -0.973. The predicted molar refractivity (Wildman–Crippen MR) is 117 cm³/mol. The molecule has 0 bridgehead atoms. The van der Waals surface area contributed by atoms with Crippen molar-refractivity contribution in [3.63, 3.8) is 0 Å². The maximum atomic E-state index is 13.8. The minimum Gasteiger partial charge on any atom is -0.491 e. The number of ether oxygens (including phenoxy) is 2. The number of hydrogen-bond acceptors (Lipinski definition) is 4. The Bertz CT molecular complexity index is 634. The fraction of sp³-hybridized carbons (Fsp3) is 0.583. The Morgan fingerprint density at radius 3 is 1.73 bits per heavy atom. The lowest BCUT2D eigenvalue weighted by Gasteiger charge is -2.11. The molecule has 0 aliphatic rings. The van der Waals surface area contributed by atoms with E-state index < -0.39 is 12.3 Å². The van der Waals surface area contributed by atoms with Gasteiger partial charge in [0.15, 0.2) is 11.6 Å². The normalized spacial score (nSPS) is 13.1. The quantitative estimate of drug-likeness (QED) is 0.299. The third-order valence-corrected chi connectivity index (χ3v) is 4.84. The molecule has 1 heterocycles. The number of aromatic nitrogens is 2. The molecule has 0 radical (unpaired) electrons. The first-order chi connectivity index (χ1) is 14.6. The first kappa shape index (κ1) is 24.0. The lowest BCUT2D eigenvalue weighted by molar-refractivity contribution is 0.183. The average Bonchev–Trinajstić information content (AvgIpc) is 2.77. The molecule has 0 saturated heterocycles. The van der Waals surface area contributed by atoms with Gasteiger partial charge in [-0.1, -0.05) is 52.4 Å². The highest BCUT2D eigenvalue weighted by atomic mass is 19.1. The van der Waals surface area contributed by atoms with E-state index >= 15 is 0 Å². The molecule has 0 aliphatic heterocycles. The Morgan fingerprint density at radius 2 is 1.23 bits per heavy atom. The van der Waals surface area contributed by atoms with Gasteiger partial charge in [0.1, 0.15) is 31.3 Å². The standard InChI is InChI=1S/C24H34F2N2O2/c1-3-5-7-9-20(25)17-29-22-13-11-19(12-14-22)24-27-15-23(16-28-24)30-18-21(26)10-8-6-4-2/h11-16,20-21H,3-10,17-18H2,1-2H3. The molecule has 0 amide bonds. The van der Waals surface area contributed by atoms with Crippen molar-refractivity contribution < 1.29 is 18.3 Å². The van der Waals surface area contributed by atoms with Crippen LogP contribution in [0.5, 0.6) is 11.5 Å². The molecule has 0 saturated carbocycles. The van der Waals surface area contributed by atoms with Crippen LogP contribution in [0.25, 0.3) is 11.4 Å². The maximum Gasteiger partial charge on any atom is 0.159 e. The molecule has 6 heteroatoms. The van der Waals surface area contributed by atoms with Crippen LogP contribution >= 0.6 is 0 Å². The van der Waals surface area contributed by atoms with Gasteiger partial charge in [-0.25, -0.2) is 18.7 Å². The van der Waals surface area contributed by atoms with Gasteiger partial charge in [0, 0.05) is 5.56 Å². The number of rotatable bonds is 15. The highest BCUT2D eigenvalue weighted by Gasteiger charge is 2.10. The Labute approximate surface area is 179 Å². The van der Waals surface area contributed by atoms with E-state index in [0.717, 1.165) is 44.1 Å². The van der Waals surface area contributed by atoms with E-state index in [1.807, 2.05) is 12.1 Å². The molecule has 0 spiro atoms. The number of halogens is 2. The zero-order valence-electron chi connectivity index (χ0n) is 18.2. The van der Waals surface area contributed by atoms with Gasteiger partial charge in [-0.05, 0) is 37.1 Å². The van der Waals surface area contributed by atoms with Gasteiger partial charge < -0.3 is 9.47 Å². The molecular weight excluding hydrogens is 386 g/mol. The van der Waals surface area contributed by atoms with E-state index in [0.29, 0.717) is 30.2 Å². The van der Waals surface area contributed by atoms with E-state index in [9.17, 15) is 8.78 Å². The molecule has 166 valence electrons. The highest BCUT2D eigenvalue weighted by molar-refractivity contribution is 5.56. The van der Waals surface area contributed by atoms with Crippen LogP contribution in [0.3, 0.4) is 0 Å². The molecule has 30 heavy (non-hydrogen) atoms. The van der Waals surface area contributed by atoms with Crippen molar-refractivity contribution in [2.75, 3.05) is 13.2 Å². The lowest BCUT2D eigenvalue weighted by Crippen LogP contribution is -2.13. The molecule has 2 rings (SSSR count). The van der Waals surface area contributed by atoms with Gasteiger partial charge in [-0.2, -0.15) is 0 Å². The van der Waals surface area contributed by atoms with Gasteiger partial charge in [-0.3, -0.25) is 0 Å². The average molecular weight is 421 g/mol. The van der Waals surface area contributed by atoms with Gasteiger partial charge in [0.2, 0.25) is 0 Å². The maximum absolute atomic E-state index is 13.8. The number of alkyl halides is 2. The second-order valence-electron chi connectivity index (χ2n) is 7.57. The van der Waals surface area contributed by atoms with Crippen molar-refractivity contribution in [2.24, 2.45) is 0 Å². The van der Waals surface area contributed by atoms with Crippen molar-refractivity contribution in [1.29, 1.82) is 0 Å². The first-order valence-corrected chi connectivity index (χ1v) is 11.1. The summed E-state index contributed by atoms with van der Waals surface area (Å²) < 4.78 is 38.6. The van der Waals surface area contributed by atoms with E-state index in [1.165, 1.54) is 0 Å². The van der Waals surface area contributed by atoms with E-state index in [-0.39, 0.29) is 13.2 Å². The van der Waals surface area contributed by atoms with Crippen LogP contribution in [0.15, 0.2) is 36.7 Å². The largest absolute Gasteiger partial charge is 0.491 e. The minimum absolute atomic E-state index is 0.0203. The summed E-state index contributed by atoms with van der Waals surface area (Å²) in [6, 6.07) is 7.24. The van der Waals surface area contributed by atoms with Crippen LogP contribution < -0.4 is 9.47 Å². The molecule has 1 aromatic heterocycles. The molecule has 2 aromatic rings. The Hall–Kier alpha value is -2.24. The van der Waals surface area contributed by atoms with Gasteiger partial charge in [-0.15, -0.1) is 0 Å². The molecular formula is C24H34F2N2O2. The molecule has 2 unspecified atom stereocenters. The van der Waals surface area contributed by atoms with Crippen molar-refractivity contribution in [1.82, 2.24) is 9.97 Å². The molecule has 4 nitrogen and oxygen atoms in total. The summed E-state index contributed by atoms with van der Waals surface area (Å²) in [6.45, 7) is 4.29. The second-order valence-corrected chi connectivity index (χ2v) is 7.57. The van der Waals surface area contributed by atoms with Gasteiger partial charge in [0.25, 0.3) is 0 Å². The van der Waals surface area contributed by atoms with E-state index in [1.54, 1.807) is 24.5 Å². The smallest absolute Gasteiger partial charge is 0.159 e. The van der Waals surface area contributed by atoms with Crippen LogP contribution in [-0.4, -0.2) is 35.5 Å². The van der Waals surface area contributed by atoms with Crippen LogP contribution in [0, 0.1) is 0 Å². The summed E-state index contributed by atoms with van der Waals surface area (Å²) in [5.41, 5.74) is 0.816. The number of hydrogen-bond donors (Lipinski definition) is 0. The predicted octanol–water partition coefficient (Wildman–Crippen LogP) is 6.74. The fourth-order valence-electron chi connectivity index (χ4n) is 3.01. The number of unbranched alkanes of at least 4 members (excludes halogenated alkanes) is 4. The molecule has 1 aromatic carbocycles. The summed E-state index contributed by atoms with van der Waals surface area (Å²) in [5, 5.41) is 0. The van der Waals surface area contributed by atoms with Crippen molar-refractivity contribution in [3.8, 4) is 22.9 Å². The summed E-state index contributed by atoms with van der Waals surface area (Å²) in [4.78, 5) is 8.58. The van der Waals surface area contributed by atoms with E-state index in [4.69, 9.17) is 9.47 Å². The van der Waals surface area contributed by atoms with Crippen LogP contribution in [0.4, 0.5) is 8.78 Å². The summed E-state index contributed by atoms with van der Waals surface area (Å²) in [6.07, 6.45) is 8.25. The molecule has 0 fully saturated rings. The molecule has 2 atom stereocenters. The molecule has 0 N–H and O–H groups in total. The third kappa shape index (κ3) is 9.06. The Kier molecular flexibility index (Phi) is 11.1. The second kappa shape index (κ2) is 13.9. The SMILES string of the molecule is CCCCCC(F)COc1ccc(-c2ncc(OCC(F)CCCCC)cn2)cc1. The third-order valence-electron chi connectivity index (χ3n) is 4.84. The monoisotopic (exact) mass is 420 g/mol. The lowest BCUT2D eigenvalue weighted by atomic mass is 10.1. The zero-order valence-corrected chi connectivity index (χ0v) is 18.2. The summed E-state index contributed by atoms with van der Waals surface area (Å²) in [5.74, 6) is 1.61. The van der Waals surface area contributed by atoms with E-state index in [2.05, 4.69) is 23.8 Å². The number of benzene rings is 1. The van der Waals surface area contributed by atoms with Crippen molar-refractivity contribution >= 4 is 0 Å². The molecule has 0 aliphatic carbocycles.